The smallest absolute Gasteiger partial charge is 0.225 e. The summed E-state index contributed by atoms with van der Waals surface area (Å²) in [5, 5.41) is 0.516. The van der Waals surface area contributed by atoms with Gasteiger partial charge in [-0.1, -0.05) is 41.9 Å². The third-order valence-corrected chi connectivity index (χ3v) is 4.91. The molecule has 8 heteroatoms. The molecule has 0 bridgehead atoms. The number of rotatable bonds is 9. The number of piperazine rings is 1. The van der Waals surface area contributed by atoms with Gasteiger partial charge in [-0.05, 0) is 12.5 Å². The molecular formula is C21H27ClN4O3. The van der Waals surface area contributed by atoms with E-state index in [1.165, 1.54) is 0 Å². The number of hydrogen-bond acceptors (Lipinski definition) is 6. The van der Waals surface area contributed by atoms with Crippen molar-refractivity contribution >= 4 is 23.5 Å². The Morgan fingerprint density at radius 3 is 2.52 bits per heavy atom. The first-order chi connectivity index (χ1) is 14.1. The first kappa shape index (κ1) is 21.5. The van der Waals surface area contributed by atoms with Crippen molar-refractivity contribution in [2.24, 2.45) is 0 Å². The van der Waals surface area contributed by atoms with E-state index in [0.29, 0.717) is 63.4 Å². The SMILES string of the molecule is C[C@@H](COCCC(=O)N1CCN(c2ncc(Cl)cn2)CC1)OCc1ccccc1. The molecule has 0 radical (unpaired) electrons. The zero-order valence-corrected chi connectivity index (χ0v) is 17.4. The van der Waals surface area contributed by atoms with E-state index in [4.69, 9.17) is 21.1 Å². The lowest BCUT2D eigenvalue weighted by atomic mass is 10.2. The predicted octanol–water partition coefficient (Wildman–Crippen LogP) is 2.79. The normalized spacial score (nSPS) is 15.4. The van der Waals surface area contributed by atoms with Crippen molar-refractivity contribution < 1.29 is 14.3 Å². The maximum Gasteiger partial charge on any atom is 0.225 e. The van der Waals surface area contributed by atoms with Crippen molar-refractivity contribution in [1.82, 2.24) is 14.9 Å². The predicted molar refractivity (Wildman–Crippen MR) is 112 cm³/mol. The van der Waals surface area contributed by atoms with Crippen molar-refractivity contribution in [3.05, 3.63) is 53.3 Å². The van der Waals surface area contributed by atoms with Crippen LogP contribution in [0.3, 0.4) is 0 Å². The molecule has 7 nitrogen and oxygen atoms in total. The average Bonchev–Trinajstić information content (AvgIpc) is 2.76. The van der Waals surface area contributed by atoms with Gasteiger partial charge in [0.2, 0.25) is 11.9 Å². The molecule has 1 aliphatic rings. The molecule has 0 aliphatic carbocycles. The first-order valence-corrected chi connectivity index (χ1v) is 10.2. The van der Waals surface area contributed by atoms with E-state index in [0.717, 1.165) is 5.56 Å². The number of hydrogen-bond donors (Lipinski definition) is 0. The second-order valence-electron chi connectivity index (χ2n) is 7.00. The standard InChI is InChI=1S/C21H27ClN4O3/c1-17(29-16-18-5-3-2-4-6-18)15-28-12-7-20(27)25-8-10-26(11-9-25)21-23-13-19(22)14-24-21/h2-6,13-14,17H,7-12,15-16H2,1H3/t17-/m0/s1. The lowest BCUT2D eigenvalue weighted by Gasteiger charge is -2.34. The molecule has 1 aromatic heterocycles. The lowest BCUT2D eigenvalue weighted by Crippen LogP contribution is -2.49. The Bertz CT molecular complexity index is 752. The number of nitrogens with zero attached hydrogens (tertiary/aromatic N) is 4. The highest BCUT2D eigenvalue weighted by molar-refractivity contribution is 6.30. The molecule has 0 saturated carbocycles. The van der Waals surface area contributed by atoms with Gasteiger partial charge in [-0.25, -0.2) is 9.97 Å². The Morgan fingerprint density at radius 1 is 1.14 bits per heavy atom. The van der Waals surface area contributed by atoms with Crippen molar-refractivity contribution in [2.45, 2.75) is 26.1 Å². The third-order valence-electron chi connectivity index (χ3n) is 4.71. The van der Waals surface area contributed by atoms with E-state index in [2.05, 4.69) is 14.9 Å². The molecular weight excluding hydrogens is 392 g/mol. The Kier molecular flexibility index (Phi) is 8.22. The van der Waals surface area contributed by atoms with Crippen molar-refractivity contribution in [3.63, 3.8) is 0 Å². The fourth-order valence-electron chi connectivity index (χ4n) is 3.05. The summed E-state index contributed by atoms with van der Waals surface area (Å²) in [6.45, 7) is 6.13. The summed E-state index contributed by atoms with van der Waals surface area (Å²) in [7, 11) is 0. The van der Waals surface area contributed by atoms with Gasteiger partial charge in [-0.2, -0.15) is 0 Å². The van der Waals surface area contributed by atoms with Gasteiger partial charge in [0.1, 0.15) is 0 Å². The summed E-state index contributed by atoms with van der Waals surface area (Å²) in [4.78, 5) is 24.8. The zero-order valence-electron chi connectivity index (χ0n) is 16.7. The number of anilines is 1. The Labute approximate surface area is 176 Å². The topological polar surface area (TPSA) is 67.8 Å². The number of aromatic nitrogens is 2. The molecule has 1 aromatic carbocycles. The molecule has 0 spiro atoms. The van der Waals surface area contributed by atoms with Gasteiger partial charge in [-0.15, -0.1) is 0 Å². The molecule has 0 N–H and O–H groups in total. The molecule has 156 valence electrons. The van der Waals surface area contributed by atoms with E-state index >= 15 is 0 Å². The molecule has 2 heterocycles. The quantitative estimate of drug-likeness (QED) is 0.583. The van der Waals surface area contributed by atoms with Crippen LogP contribution in [0, 0.1) is 0 Å². The first-order valence-electron chi connectivity index (χ1n) is 9.85. The van der Waals surface area contributed by atoms with Crippen LogP contribution in [0.4, 0.5) is 5.95 Å². The van der Waals surface area contributed by atoms with Crippen molar-refractivity contribution in [2.75, 3.05) is 44.3 Å². The minimum Gasteiger partial charge on any atom is -0.378 e. The maximum atomic E-state index is 12.4. The minimum atomic E-state index is -0.0202. The van der Waals surface area contributed by atoms with Gasteiger partial charge in [-0.3, -0.25) is 4.79 Å². The Balaban J connectivity index is 1.28. The van der Waals surface area contributed by atoms with E-state index in [-0.39, 0.29) is 12.0 Å². The molecule has 1 saturated heterocycles. The molecule has 2 aromatic rings. The molecule has 0 unspecified atom stereocenters. The highest BCUT2D eigenvalue weighted by Crippen LogP contribution is 2.13. The number of carbonyl (C=O) groups excluding carboxylic acids is 1. The summed E-state index contributed by atoms with van der Waals surface area (Å²) < 4.78 is 11.4. The average molecular weight is 419 g/mol. The van der Waals surface area contributed by atoms with Crippen LogP contribution in [0.5, 0.6) is 0 Å². The van der Waals surface area contributed by atoms with Crippen LogP contribution in [0.2, 0.25) is 5.02 Å². The highest BCUT2D eigenvalue weighted by Gasteiger charge is 2.22. The van der Waals surface area contributed by atoms with E-state index in [1.807, 2.05) is 42.2 Å². The number of amides is 1. The van der Waals surface area contributed by atoms with Crippen LogP contribution in [0.15, 0.2) is 42.7 Å². The number of benzene rings is 1. The van der Waals surface area contributed by atoms with Crippen LogP contribution >= 0.6 is 11.6 Å². The Morgan fingerprint density at radius 2 is 1.83 bits per heavy atom. The zero-order chi connectivity index (χ0) is 20.5. The Hall–Kier alpha value is -2.22. The van der Waals surface area contributed by atoms with Gasteiger partial charge >= 0.3 is 0 Å². The van der Waals surface area contributed by atoms with E-state index in [9.17, 15) is 4.79 Å². The summed E-state index contributed by atoms with van der Waals surface area (Å²) in [6.07, 6.45) is 3.53. The molecule has 1 amide bonds. The number of carbonyl (C=O) groups is 1. The molecule has 1 atom stereocenters. The lowest BCUT2D eigenvalue weighted by molar-refractivity contribution is -0.133. The van der Waals surface area contributed by atoms with Crippen molar-refractivity contribution in [1.29, 1.82) is 0 Å². The van der Waals surface area contributed by atoms with Crippen LogP contribution in [-0.4, -0.2) is 66.3 Å². The number of ether oxygens (including phenoxy) is 2. The fourth-order valence-corrected chi connectivity index (χ4v) is 3.15. The summed E-state index contributed by atoms with van der Waals surface area (Å²) in [5.41, 5.74) is 1.14. The monoisotopic (exact) mass is 418 g/mol. The van der Waals surface area contributed by atoms with E-state index < -0.39 is 0 Å². The van der Waals surface area contributed by atoms with Crippen LogP contribution < -0.4 is 4.90 Å². The summed E-state index contributed by atoms with van der Waals surface area (Å²) in [5.74, 6) is 0.758. The largest absolute Gasteiger partial charge is 0.378 e. The number of halogens is 1. The second-order valence-corrected chi connectivity index (χ2v) is 7.44. The van der Waals surface area contributed by atoms with Gasteiger partial charge in [0, 0.05) is 26.2 Å². The third kappa shape index (κ3) is 6.96. The minimum absolute atomic E-state index is 0.0202. The fraction of sp³-hybridized carbons (Fsp3) is 0.476. The second kappa shape index (κ2) is 11.1. The van der Waals surface area contributed by atoms with Crippen LogP contribution in [0.1, 0.15) is 18.9 Å². The van der Waals surface area contributed by atoms with Gasteiger partial charge < -0.3 is 19.3 Å². The van der Waals surface area contributed by atoms with Crippen LogP contribution in [0.25, 0.3) is 0 Å². The highest BCUT2D eigenvalue weighted by atomic mass is 35.5. The van der Waals surface area contributed by atoms with Crippen molar-refractivity contribution in [3.8, 4) is 0 Å². The van der Waals surface area contributed by atoms with Gasteiger partial charge in [0.25, 0.3) is 0 Å². The molecule has 29 heavy (non-hydrogen) atoms. The van der Waals surface area contributed by atoms with Gasteiger partial charge in [0.15, 0.2) is 0 Å². The van der Waals surface area contributed by atoms with E-state index in [1.54, 1.807) is 12.4 Å². The maximum absolute atomic E-state index is 12.4. The summed E-state index contributed by atoms with van der Waals surface area (Å²) >= 11 is 5.82. The molecule has 3 rings (SSSR count). The molecule has 1 fully saturated rings. The van der Waals surface area contributed by atoms with Crippen LogP contribution in [-0.2, 0) is 20.9 Å². The molecule has 1 aliphatic heterocycles. The summed E-state index contributed by atoms with van der Waals surface area (Å²) in [6, 6.07) is 10.0. The van der Waals surface area contributed by atoms with Gasteiger partial charge in [0.05, 0.1) is 49.8 Å².